The molecular formula is C14H23BO2. The summed E-state index contributed by atoms with van der Waals surface area (Å²) in [5.41, 5.74) is 1.16. The topological polar surface area (TPSA) is 26.3 Å². The van der Waals surface area contributed by atoms with E-state index >= 15 is 0 Å². The van der Waals surface area contributed by atoms with Gasteiger partial charge in [0.2, 0.25) is 0 Å². The van der Waals surface area contributed by atoms with Crippen LogP contribution < -0.4 is 0 Å². The van der Waals surface area contributed by atoms with Gasteiger partial charge in [-0.3, -0.25) is 4.79 Å². The fourth-order valence-electron chi connectivity index (χ4n) is 1.10. The van der Waals surface area contributed by atoms with E-state index in [0.717, 1.165) is 11.9 Å². The number of allylic oxidation sites excluding steroid dienone is 4. The molecule has 0 N–H and O–H groups in total. The Bertz CT molecular complexity index is 340. The van der Waals surface area contributed by atoms with Crippen molar-refractivity contribution in [2.75, 3.05) is 0 Å². The van der Waals surface area contributed by atoms with E-state index in [9.17, 15) is 4.79 Å². The van der Waals surface area contributed by atoms with Crippen molar-refractivity contribution in [2.45, 2.75) is 46.5 Å². The van der Waals surface area contributed by atoms with Crippen molar-refractivity contribution in [1.29, 1.82) is 0 Å². The minimum absolute atomic E-state index is 0.0310. The number of hydrogen-bond acceptors (Lipinski definition) is 2. The summed E-state index contributed by atoms with van der Waals surface area (Å²) in [6.45, 7) is 17.2. The highest BCUT2D eigenvalue weighted by molar-refractivity contribution is 6.59. The highest BCUT2D eigenvalue weighted by Crippen LogP contribution is 2.18. The summed E-state index contributed by atoms with van der Waals surface area (Å²) in [5, 5.41) is 0. The van der Waals surface area contributed by atoms with Gasteiger partial charge in [-0.2, -0.15) is 0 Å². The fraction of sp³-hybridized carbons (Fsp3) is 0.500. The molecule has 0 aliphatic rings. The molecule has 0 radical (unpaired) electrons. The normalized spacial score (nSPS) is 11.6. The predicted molar refractivity (Wildman–Crippen MR) is 75.2 cm³/mol. The van der Waals surface area contributed by atoms with E-state index in [1.165, 1.54) is 6.92 Å². The van der Waals surface area contributed by atoms with E-state index in [0.29, 0.717) is 5.57 Å². The van der Waals surface area contributed by atoms with Gasteiger partial charge in [-0.25, -0.2) is 0 Å². The van der Waals surface area contributed by atoms with Crippen LogP contribution in [0.5, 0.6) is 0 Å². The van der Waals surface area contributed by atoms with Crippen molar-refractivity contribution in [2.24, 2.45) is 0 Å². The summed E-state index contributed by atoms with van der Waals surface area (Å²) < 4.78 is 5.88. The Labute approximate surface area is 106 Å². The number of carbonyl (C=O) groups is 1. The first-order valence-electron chi connectivity index (χ1n) is 5.94. The standard InChI is InChI=1S/C14H23BO2/c1-8-14(5,6)17-15(7)12(3)10-9-11(2)13(4)16/h9-10H,2-3,8H2,1,4-7H3. The van der Waals surface area contributed by atoms with Gasteiger partial charge in [0.25, 0.3) is 0 Å². The van der Waals surface area contributed by atoms with Crippen LogP contribution in [0.3, 0.4) is 0 Å². The third-order valence-electron chi connectivity index (χ3n) is 2.82. The van der Waals surface area contributed by atoms with Crippen molar-refractivity contribution in [1.82, 2.24) is 0 Å². The molecule has 0 aliphatic carbocycles. The number of hydrogen-bond donors (Lipinski definition) is 0. The Hall–Kier alpha value is -1.09. The molecule has 0 aromatic rings. The summed E-state index contributed by atoms with van der Waals surface area (Å²) in [7, 11) is 0. The van der Waals surface area contributed by atoms with Gasteiger partial charge in [0.1, 0.15) is 0 Å². The first-order valence-corrected chi connectivity index (χ1v) is 5.94. The van der Waals surface area contributed by atoms with E-state index in [4.69, 9.17) is 4.65 Å². The van der Waals surface area contributed by atoms with Gasteiger partial charge in [-0.1, -0.05) is 38.0 Å². The third-order valence-corrected chi connectivity index (χ3v) is 2.82. The zero-order valence-electron chi connectivity index (χ0n) is 11.7. The summed E-state index contributed by atoms with van der Waals surface area (Å²) in [6, 6.07) is 0. The van der Waals surface area contributed by atoms with Gasteiger partial charge >= 0.3 is 6.92 Å². The van der Waals surface area contributed by atoms with Gasteiger partial charge in [0.15, 0.2) is 5.78 Å². The number of Topliss-reactive ketones (excluding diaryl/α,β-unsaturated/α-hetero) is 1. The van der Waals surface area contributed by atoms with Gasteiger partial charge < -0.3 is 4.65 Å². The molecule has 94 valence electrons. The molecule has 0 saturated carbocycles. The average molecular weight is 234 g/mol. The lowest BCUT2D eigenvalue weighted by molar-refractivity contribution is -0.113. The summed E-state index contributed by atoms with van der Waals surface area (Å²) >= 11 is 0. The molecule has 0 saturated heterocycles. The van der Waals surface area contributed by atoms with E-state index in [1.54, 1.807) is 12.2 Å². The maximum absolute atomic E-state index is 11.0. The zero-order valence-corrected chi connectivity index (χ0v) is 11.7. The third kappa shape index (κ3) is 6.27. The average Bonchev–Trinajstić information content (AvgIpc) is 2.24. The van der Waals surface area contributed by atoms with Crippen LogP contribution in [0.25, 0.3) is 0 Å². The van der Waals surface area contributed by atoms with E-state index < -0.39 is 0 Å². The van der Waals surface area contributed by atoms with Crippen LogP contribution in [-0.2, 0) is 9.45 Å². The van der Waals surface area contributed by atoms with Crippen LogP contribution in [0, 0.1) is 0 Å². The molecule has 0 heterocycles. The van der Waals surface area contributed by atoms with Crippen molar-refractivity contribution in [3.63, 3.8) is 0 Å². The van der Waals surface area contributed by atoms with Gasteiger partial charge in [0, 0.05) is 11.2 Å². The molecule has 0 bridgehead atoms. The van der Waals surface area contributed by atoms with Crippen molar-refractivity contribution in [3.05, 3.63) is 36.4 Å². The van der Waals surface area contributed by atoms with E-state index in [-0.39, 0.29) is 18.3 Å². The number of ketones is 1. The second-order valence-electron chi connectivity index (χ2n) is 4.86. The van der Waals surface area contributed by atoms with Crippen molar-refractivity contribution in [3.8, 4) is 0 Å². The molecule has 0 fully saturated rings. The van der Waals surface area contributed by atoms with E-state index in [1.807, 2.05) is 6.82 Å². The van der Waals surface area contributed by atoms with Crippen LogP contribution in [0.1, 0.15) is 34.1 Å². The Balaban J connectivity index is 4.43. The summed E-state index contributed by atoms with van der Waals surface area (Å²) in [6.07, 6.45) is 4.41. The molecule has 0 spiro atoms. The molecule has 17 heavy (non-hydrogen) atoms. The predicted octanol–water partition coefficient (Wildman–Crippen LogP) is 3.61. The second-order valence-corrected chi connectivity index (χ2v) is 4.86. The minimum Gasteiger partial charge on any atom is -0.426 e. The minimum atomic E-state index is -0.159. The highest BCUT2D eigenvalue weighted by Gasteiger charge is 2.22. The Morgan fingerprint density at radius 1 is 1.35 bits per heavy atom. The lowest BCUT2D eigenvalue weighted by atomic mass is 9.62. The lowest BCUT2D eigenvalue weighted by Crippen LogP contribution is -2.31. The molecule has 0 amide bonds. The Morgan fingerprint density at radius 3 is 2.29 bits per heavy atom. The Kier molecular flexibility index (Phi) is 6.18. The second kappa shape index (κ2) is 6.60. The summed E-state index contributed by atoms with van der Waals surface area (Å²) in [5.74, 6) is -0.0310. The highest BCUT2D eigenvalue weighted by atomic mass is 16.5. The van der Waals surface area contributed by atoms with Crippen molar-refractivity contribution >= 4 is 12.7 Å². The van der Waals surface area contributed by atoms with Crippen LogP contribution in [0.15, 0.2) is 36.4 Å². The molecule has 0 aliphatic heterocycles. The zero-order chi connectivity index (χ0) is 13.6. The molecule has 2 nitrogen and oxygen atoms in total. The molecule has 3 heteroatoms. The van der Waals surface area contributed by atoms with Crippen LogP contribution in [0.4, 0.5) is 0 Å². The van der Waals surface area contributed by atoms with Crippen LogP contribution in [0.2, 0.25) is 6.82 Å². The smallest absolute Gasteiger partial charge is 0.323 e. The Morgan fingerprint density at radius 2 is 1.88 bits per heavy atom. The quantitative estimate of drug-likeness (QED) is 0.382. The monoisotopic (exact) mass is 234 g/mol. The number of carbonyl (C=O) groups excluding carboxylic acids is 1. The SMILES string of the molecule is C=C(C=CC(=C)C(C)=O)B(C)OC(C)(C)CC. The van der Waals surface area contributed by atoms with Gasteiger partial charge in [-0.05, 0) is 27.2 Å². The molecule has 0 aromatic heterocycles. The maximum atomic E-state index is 11.0. The molecule has 0 unspecified atom stereocenters. The van der Waals surface area contributed by atoms with Crippen LogP contribution in [-0.4, -0.2) is 18.3 Å². The van der Waals surface area contributed by atoms with Gasteiger partial charge in [0.05, 0.1) is 0 Å². The molecule has 0 atom stereocenters. The number of rotatable bonds is 7. The molecule has 0 aromatic carbocycles. The summed E-state index contributed by atoms with van der Waals surface area (Å²) in [4.78, 5) is 11.0. The maximum Gasteiger partial charge on any atom is 0.323 e. The lowest BCUT2D eigenvalue weighted by Gasteiger charge is -2.27. The van der Waals surface area contributed by atoms with Crippen molar-refractivity contribution < 1.29 is 9.45 Å². The fourth-order valence-corrected chi connectivity index (χ4v) is 1.10. The first-order chi connectivity index (χ1) is 7.69. The molecule has 0 rings (SSSR count). The van der Waals surface area contributed by atoms with Gasteiger partial charge in [-0.15, -0.1) is 6.58 Å². The van der Waals surface area contributed by atoms with Crippen LogP contribution >= 0.6 is 0 Å². The largest absolute Gasteiger partial charge is 0.426 e. The molecular weight excluding hydrogens is 211 g/mol. The van der Waals surface area contributed by atoms with E-state index in [2.05, 4.69) is 33.9 Å². The first kappa shape index (κ1) is 15.9.